The number of amides is 1. The number of rotatable bonds is 2. The predicted molar refractivity (Wildman–Crippen MR) is 86.9 cm³/mol. The largest absolute Gasteiger partial charge is 0.349 e. The van der Waals surface area contributed by atoms with Gasteiger partial charge in [0.2, 0.25) is 0 Å². The van der Waals surface area contributed by atoms with Crippen molar-refractivity contribution in [3.8, 4) is 0 Å². The summed E-state index contributed by atoms with van der Waals surface area (Å²) in [6.07, 6.45) is 4.63. The first-order chi connectivity index (χ1) is 10.5. The first kappa shape index (κ1) is 15.0. The summed E-state index contributed by atoms with van der Waals surface area (Å²) in [6.45, 7) is 6.10. The molecule has 0 aromatic carbocycles. The van der Waals surface area contributed by atoms with E-state index in [-0.39, 0.29) is 5.91 Å². The average Bonchev–Trinajstić information content (AvgIpc) is 2.72. The van der Waals surface area contributed by atoms with Crippen molar-refractivity contribution < 1.29 is 4.79 Å². The number of hydrogen-bond acceptors (Lipinski definition) is 3. The molecule has 22 heavy (non-hydrogen) atoms. The molecule has 0 saturated heterocycles. The van der Waals surface area contributed by atoms with E-state index >= 15 is 0 Å². The number of pyridine rings is 1. The Balaban J connectivity index is 1.87. The summed E-state index contributed by atoms with van der Waals surface area (Å²) in [5.74, 6) is 0.690. The summed E-state index contributed by atoms with van der Waals surface area (Å²) in [5.41, 5.74) is 3.17. The fourth-order valence-electron chi connectivity index (χ4n) is 3.49. The van der Waals surface area contributed by atoms with E-state index in [2.05, 4.69) is 22.3 Å². The van der Waals surface area contributed by atoms with Crippen molar-refractivity contribution >= 4 is 16.9 Å². The molecule has 2 aromatic heterocycles. The van der Waals surface area contributed by atoms with Crippen LogP contribution in [0.1, 0.15) is 54.4 Å². The molecule has 118 valence electrons. The second-order valence-electron chi connectivity index (χ2n) is 6.64. The molecule has 1 aliphatic rings. The summed E-state index contributed by atoms with van der Waals surface area (Å²) in [4.78, 5) is 17.2. The van der Waals surface area contributed by atoms with Gasteiger partial charge in [0.15, 0.2) is 5.65 Å². The van der Waals surface area contributed by atoms with Crippen LogP contribution < -0.4 is 5.32 Å². The van der Waals surface area contributed by atoms with Crippen molar-refractivity contribution in [1.29, 1.82) is 0 Å². The van der Waals surface area contributed by atoms with Gasteiger partial charge in [0.1, 0.15) is 0 Å². The first-order valence-corrected chi connectivity index (χ1v) is 8.07. The molecular formula is C17H24N4O. The molecule has 1 fully saturated rings. The molecule has 0 radical (unpaired) electrons. The molecule has 0 aliphatic heterocycles. The Labute approximate surface area is 131 Å². The van der Waals surface area contributed by atoms with Crippen molar-refractivity contribution in [2.45, 2.75) is 52.5 Å². The van der Waals surface area contributed by atoms with Crippen LogP contribution in [0.25, 0.3) is 11.0 Å². The highest BCUT2D eigenvalue weighted by Crippen LogP contribution is 2.24. The fourth-order valence-corrected chi connectivity index (χ4v) is 3.49. The van der Waals surface area contributed by atoms with Crippen LogP contribution in [0.2, 0.25) is 0 Å². The van der Waals surface area contributed by atoms with Crippen molar-refractivity contribution in [2.24, 2.45) is 13.0 Å². The monoisotopic (exact) mass is 300 g/mol. The zero-order valence-electron chi connectivity index (χ0n) is 13.8. The Morgan fingerprint density at radius 3 is 2.82 bits per heavy atom. The van der Waals surface area contributed by atoms with Gasteiger partial charge in [-0.1, -0.05) is 19.8 Å². The Morgan fingerprint density at radius 1 is 1.32 bits per heavy atom. The zero-order valence-corrected chi connectivity index (χ0v) is 13.8. The van der Waals surface area contributed by atoms with E-state index in [1.54, 1.807) is 4.68 Å². The number of fused-ring (bicyclic) bond motifs is 1. The number of carbonyl (C=O) groups excluding carboxylic acids is 1. The van der Waals surface area contributed by atoms with Crippen molar-refractivity contribution in [3.63, 3.8) is 0 Å². The Bertz CT molecular complexity index is 719. The second-order valence-corrected chi connectivity index (χ2v) is 6.64. The molecule has 3 rings (SSSR count). The molecule has 5 nitrogen and oxygen atoms in total. The van der Waals surface area contributed by atoms with Gasteiger partial charge in [-0.05, 0) is 38.7 Å². The molecule has 5 heteroatoms. The molecule has 2 aromatic rings. The summed E-state index contributed by atoms with van der Waals surface area (Å²) >= 11 is 0. The van der Waals surface area contributed by atoms with E-state index in [9.17, 15) is 4.79 Å². The average molecular weight is 300 g/mol. The van der Waals surface area contributed by atoms with E-state index in [4.69, 9.17) is 0 Å². The summed E-state index contributed by atoms with van der Waals surface area (Å²) < 4.78 is 1.77. The molecular weight excluding hydrogens is 276 g/mol. The van der Waals surface area contributed by atoms with E-state index in [0.29, 0.717) is 17.5 Å². The maximum atomic E-state index is 12.6. The molecule has 2 atom stereocenters. The number of carbonyl (C=O) groups is 1. The topological polar surface area (TPSA) is 59.8 Å². The van der Waals surface area contributed by atoms with Crippen molar-refractivity contribution in [3.05, 3.63) is 23.0 Å². The highest BCUT2D eigenvalue weighted by atomic mass is 16.1. The molecule has 1 saturated carbocycles. The molecule has 2 heterocycles. The minimum Gasteiger partial charge on any atom is -0.349 e. The predicted octanol–water partition coefficient (Wildman–Crippen LogP) is 2.89. The first-order valence-electron chi connectivity index (χ1n) is 8.07. The van der Waals surface area contributed by atoms with Crippen LogP contribution in [-0.2, 0) is 7.05 Å². The number of aromatic nitrogens is 3. The number of aryl methyl sites for hydroxylation is 3. The van der Waals surface area contributed by atoms with Gasteiger partial charge < -0.3 is 5.32 Å². The number of nitrogens with zero attached hydrogens (tertiary/aromatic N) is 3. The molecule has 0 unspecified atom stereocenters. The summed E-state index contributed by atoms with van der Waals surface area (Å²) in [6, 6.07) is 2.23. The van der Waals surface area contributed by atoms with Gasteiger partial charge in [-0.25, -0.2) is 4.98 Å². The van der Waals surface area contributed by atoms with Crippen LogP contribution in [-0.4, -0.2) is 26.7 Å². The zero-order chi connectivity index (χ0) is 15.9. The molecule has 0 bridgehead atoms. The number of nitrogens with one attached hydrogen (secondary N) is 1. The Kier molecular flexibility index (Phi) is 3.89. The van der Waals surface area contributed by atoms with E-state index in [0.717, 1.165) is 35.3 Å². The summed E-state index contributed by atoms with van der Waals surface area (Å²) in [5, 5.41) is 8.52. The van der Waals surface area contributed by atoms with Crippen LogP contribution in [0.15, 0.2) is 6.07 Å². The van der Waals surface area contributed by atoms with Gasteiger partial charge in [-0.2, -0.15) is 5.10 Å². The van der Waals surface area contributed by atoms with Gasteiger partial charge in [0, 0.05) is 18.5 Å². The Hall–Kier alpha value is -1.91. The van der Waals surface area contributed by atoms with E-state index in [1.165, 1.54) is 12.8 Å². The molecule has 1 aliphatic carbocycles. The summed E-state index contributed by atoms with van der Waals surface area (Å²) in [7, 11) is 1.88. The third-order valence-electron chi connectivity index (χ3n) is 4.71. The lowest BCUT2D eigenvalue weighted by molar-refractivity contribution is 0.0920. The Morgan fingerprint density at radius 2 is 2.09 bits per heavy atom. The van der Waals surface area contributed by atoms with Crippen LogP contribution in [0, 0.1) is 19.8 Å². The lowest BCUT2D eigenvalue weighted by Gasteiger charge is -2.27. The lowest BCUT2D eigenvalue weighted by atomic mass is 9.87. The van der Waals surface area contributed by atoms with E-state index in [1.807, 2.05) is 27.0 Å². The third-order valence-corrected chi connectivity index (χ3v) is 4.71. The van der Waals surface area contributed by atoms with Crippen LogP contribution in [0.4, 0.5) is 0 Å². The quantitative estimate of drug-likeness (QED) is 0.927. The van der Waals surface area contributed by atoms with E-state index < -0.39 is 0 Å². The lowest BCUT2D eigenvalue weighted by Crippen LogP contribution is -2.38. The minimum atomic E-state index is -0.00532. The maximum absolute atomic E-state index is 12.6. The van der Waals surface area contributed by atoms with Gasteiger partial charge >= 0.3 is 0 Å². The van der Waals surface area contributed by atoms with Crippen molar-refractivity contribution in [2.75, 3.05) is 0 Å². The molecule has 1 N–H and O–H groups in total. The minimum absolute atomic E-state index is 0.00532. The normalized spacial score (nSPS) is 22.0. The molecule has 1 amide bonds. The smallest absolute Gasteiger partial charge is 0.253 e. The second kappa shape index (κ2) is 5.71. The standard InChI is InChI=1S/C17H24N4O/c1-10-6-5-7-13(8-10)19-17(22)15-9-14-12(3)20-21(4)16(14)18-11(15)2/h9-10,13H,5-8H2,1-4H3,(H,19,22)/t10-,13+/m1/s1. The number of hydrogen-bond donors (Lipinski definition) is 1. The molecule has 0 spiro atoms. The van der Waals surface area contributed by atoms with Crippen LogP contribution in [0.5, 0.6) is 0 Å². The van der Waals surface area contributed by atoms with Gasteiger partial charge in [0.05, 0.1) is 17.0 Å². The third kappa shape index (κ3) is 2.72. The fraction of sp³-hybridized carbons (Fsp3) is 0.588. The maximum Gasteiger partial charge on any atom is 0.253 e. The van der Waals surface area contributed by atoms with Gasteiger partial charge in [-0.3, -0.25) is 9.48 Å². The highest BCUT2D eigenvalue weighted by Gasteiger charge is 2.22. The highest BCUT2D eigenvalue weighted by molar-refractivity contribution is 5.98. The van der Waals surface area contributed by atoms with Crippen LogP contribution >= 0.6 is 0 Å². The van der Waals surface area contributed by atoms with Crippen LogP contribution in [0.3, 0.4) is 0 Å². The van der Waals surface area contributed by atoms with Gasteiger partial charge in [0.25, 0.3) is 5.91 Å². The SMILES string of the molecule is Cc1nc2c(cc1C(=O)N[C@H]1CCC[C@@H](C)C1)c(C)nn2C. The van der Waals surface area contributed by atoms with Gasteiger partial charge in [-0.15, -0.1) is 0 Å². The van der Waals surface area contributed by atoms with Crippen molar-refractivity contribution in [1.82, 2.24) is 20.1 Å².